The molecule has 1 aromatic rings. The molecule has 0 atom stereocenters. The van der Waals surface area contributed by atoms with Crippen LogP contribution >= 0.6 is 0 Å². The molecule has 0 unspecified atom stereocenters. The number of benzene rings is 1. The summed E-state index contributed by atoms with van der Waals surface area (Å²) in [6.07, 6.45) is 7.19. The number of rotatable bonds is 4. The highest BCUT2D eigenvalue weighted by Crippen LogP contribution is 2.28. The number of aryl methyl sites for hydroxylation is 1. The van der Waals surface area contributed by atoms with E-state index in [1.54, 1.807) is 0 Å². The highest BCUT2D eigenvalue weighted by Gasteiger charge is 2.26. The summed E-state index contributed by atoms with van der Waals surface area (Å²) >= 11 is 0. The number of hydrogen-bond donors (Lipinski definition) is 1. The normalized spacial score (nSPS) is 18.9. The van der Waals surface area contributed by atoms with E-state index in [1.807, 2.05) is 12.1 Å². The maximum atomic E-state index is 6.37. The summed E-state index contributed by atoms with van der Waals surface area (Å²) in [5, 5.41) is 0. The summed E-state index contributed by atoms with van der Waals surface area (Å²) in [4.78, 5) is 0. The highest BCUT2D eigenvalue weighted by molar-refractivity contribution is 5.27. The van der Waals surface area contributed by atoms with Crippen LogP contribution in [0.15, 0.2) is 24.3 Å². The summed E-state index contributed by atoms with van der Waals surface area (Å²) in [7, 11) is 0. The largest absolute Gasteiger partial charge is 0.494 e. The van der Waals surface area contributed by atoms with E-state index >= 15 is 0 Å². The molecule has 1 saturated carbocycles. The fraction of sp³-hybridized carbons (Fsp3) is 0.600. The Morgan fingerprint density at radius 2 is 2.00 bits per heavy atom. The molecule has 2 rings (SSSR count). The Morgan fingerprint density at radius 1 is 1.24 bits per heavy atom. The Kier molecular flexibility index (Phi) is 4.06. The topological polar surface area (TPSA) is 35.2 Å². The third kappa shape index (κ3) is 3.74. The second-order valence-corrected chi connectivity index (χ2v) is 5.34. The van der Waals surface area contributed by atoms with Crippen LogP contribution in [0.2, 0.25) is 0 Å². The Labute approximate surface area is 104 Å². The summed E-state index contributed by atoms with van der Waals surface area (Å²) in [5.41, 5.74) is 7.64. The SMILES string of the molecule is Cc1cccc(OCCC2(N)CCCCC2)c1. The van der Waals surface area contributed by atoms with Gasteiger partial charge in [-0.1, -0.05) is 31.4 Å². The van der Waals surface area contributed by atoms with Crippen molar-refractivity contribution in [1.29, 1.82) is 0 Å². The molecular formula is C15H23NO. The Morgan fingerprint density at radius 3 is 2.71 bits per heavy atom. The van der Waals surface area contributed by atoms with Crippen LogP contribution < -0.4 is 10.5 Å². The summed E-state index contributed by atoms with van der Waals surface area (Å²) in [6, 6.07) is 8.20. The maximum Gasteiger partial charge on any atom is 0.119 e. The Hall–Kier alpha value is -1.02. The average Bonchev–Trinajstić information content (AvgIpc) is 2.30. The van der Waals surface area contributed by atoms with E-state index in [0.717, 1.165) is 31.6 Å². The second-order valence-electron chi connectivity index (χ2n) is 5.34. The number of ether oxygens (including phenoxy) is 1. The van der Waals surface area contributed by atoms with Crippen molar-refractivity contribution in [2.45, 2.75) is 51.0 Å². The fourth-order valence-corrected chi connectivity index (χ4v) is 2.58. The van der Waals surface area contributed by atoms with Gasteiger partial charge in [-0.25, -0.2) is 0 Å². The van der Waals surface area contributed by atoms with Crippen LogP contribution in [0, 0.1) is 6.92 Å². The predicted molar refractivity (Wildman–Crippen MR) is 71.3 cm³/mol. The molecular weight excluding hydrogens is 210 g/mol. The van der Waals surface area contributed by atoms with Gasteiger partial charge in [0, 0.05) is 5.54 Å². The Balaban J connectivity index is 1.79. The molecule has 2 N–H and O–H groups in total. The first-order chi connectivity index (χ1) is 8.18. The first-order valence-electron chi connectivity index (χ1n) is 6.66. The van der Waals surface area contributed by atoms with E-state index in [9.17, 15) is 0 Å². The third-order valence-corrected chi connectivity index (χ3v) is 3.71. The fourth-order valence-electron chi connectivity index (χ4n) is 2.58. The molecule has 0 aliphatic heterocycles. The molecule has 0 amide bonds. The first kappa shape index (κ1) is 12.4. The van der Waals surface area contributed by atoms with Gasteiger partial charge in [0.05, 0.1) is 6.61 Å². The van der Waals surface area contributed by atoms with E-state index in [-0.39, 0.29) is 5.54 Å². The zero-order valence-corrected chi connectivity index (χ0v) is 10.7. The molecule has 2 heteroatoms. The van der Waals surface area contributed by atoms with E-state index < -0.39 is 0 Å². The van der Waals surface area contributed by atoms with Gasteiger partial charge in [-0.15, -0.1) is 0 Å². The van der Waals surface area contributed by atoms with E-state index in [1.165, 1.54) is 24.8 Å². The molecule has 1 aromatic carbocycles. The third-order valence-electron chi connectivity index (χ3n) is 3.71. The van der Waals surface area contributed by atoms with Gasteiger partial charge < -0.3 is 10.5 Å². The van der Waals surface area contributed by atoms with Crippen LogP contribution in [0.1, 0.15) is 44.1 Å². The minimum Gasteiger partial charge on any atom is -0.494 e. The highest BCUT2D eigenvalue weighted by atomic mass is 16.5. The number of hydrogen-bond acceptors (Lipinski definition) is 2. The zero-order valence-electron chi connectivity index (χ0n) is 10.7. The van der Waals surface area contributed by atoms with E-state index in [2.05, 4.69) is 19.1 Å². The van der Waals surface area contributed by atoms with Crippen molar-refractivity contribution in [1.82, 2.24) is 0 Å². The lowest BCUT2D eigenvalue weighted by molar-refractivity contribution is 0.214. The maximum absolute atomic E-state index is 6.37. The van der Waals surface area contributed by atoms with Gasteiger partial charge in [0.15, 0.2) is 0 Å². The van der Waals surface area contributed by atoms with Crippen molar-refractivity contribution < 1.29 is 4.74 Å². The lowest BCUT2D eigenvalue weighted by Crippen LogP contribution is -2.42. The van der Waals surface area contributed by atoms with Crippen molar-refractivity contribution in [2.75, 3.05) is 6.61 Å². The van der Waals surface area contributed by atoms with Crippen molar-refractivity contribution in [3.05, 3.63) is 29.8 Å². The predicted octanol–water partition coefficient (Wildman–Crippen LogP) is 3.43. The van der Waals surface area contributed by atoms with Gasteiger partial charge in [0.2, 0.25) is 0 Å². The number of nitrogens with two attached hydrogens (primary N) is 1. The molecule has 0 radical (unpaired) electrons. The zero-order chi connectivity index (χ0) is 12.1. The average molecular weight is 233 g/mol. The quantitative estimate of drug-likeness (QED) is 0.864. The molecule has 0 bridgehead atoms. The molecule has 0 heterocycles. The monoisotopic (exact) mass is 233 g/mol. The van der Waals surface area contributed by atoms with E-state index in [0.29, 0.717) is 0 Å². The van der Waals surface area contributed by atoms with Crippen molar-refractivity contribution in [2.24, 2.45) is 5.73 Å². The van der Waals surface area contributed by atoms with Crippen LogP contribution in [0.4, 0.5) is 0 Å². The van der Waals surface area contributed by atoms with Gasteiger partial charge >= 0.3 is 0 Å². The van der Waals surface area contributed by atoms with E-state index in [4.69, 9.17) is 10.5 Å². The molecule has 0 saturated heterocycles. The minimum atomic E-state index is 0.0298. The van der Waals surface area contributed by atoms with Crippen LogP contribution in [0.3, 0.4) is 0 Å². The summed E-state index contributed by atoms with van der Waals surface area (Å²) in [5.74, 6) is 0.962. The lowest BCUT2D eigenvalue weighted by Gasteiger charge is -2.33. The van der Waals surface area contributed by atoms with Crippen LogP contribution in [0.25, 0.3) is 0 Å². The van der Waals surface area contributed by atoms with Gasteiger partial charge in [-0.05, 0) is 43.9 Å². The Bertz CT molecular complexity index is 356. The first-order valence-corrected chi connectivity index (χ1v) is 6.66. The molecule has 1 aliphatic rings. The molecule has 94 valence electrons. The van der Waals surface area contributed by atoms with Gasteiger partial charge in [0.25, 0.3) is 0 Å². The molecule has 1 aliphatic carbocycles. The van der Waals surface area contributed by atoms with Gasteiger partial charge in [0.1, 0.15) is 5.75 Å². The van der Waals surface area contributed by atoms with Crippen molar-refractivity contribution in [3.63, 3.8) is 0 Å². The molecule has 1 fully saturated rings. The molecule has 0 aromatic heterocycles. The summed E-state index contributed by atoms with van der Waals surface area (Å²) in [6.45, 7) is 2.82. The smallest absolute Gasteiger partial charge is 0.119 e. The summed E-state index contributed by atoms with van der Waals surface area (Å²) < 4.78 is 5.77. The molecule has 2 nitrogen and oxygen atoms in total. The van der Waals surface area contributed by atoms with Crippen LogP contribution in [-0.2, 0) is 0 Å². The minimum absolute atomic E-state index is 0.0298. The van der Waals surface area contributed by atoms with Crippen LogP contribution in [-0.4, -0.2) is 12.1 Å². The van der Waals surface area contributed by atoms with Gasteiger partial charge in [-0.3, -0.25) is 0 Å². The van der Waals surface area contributed by atoms with Gasteiger partial charge in [-0.2, -0.15) is 0 Å². The standard InChI is InChI=1S/C15H23NO/c1-13-6-5-7-14(12-13)17-11-10-15(16)8-3-2-4-9-15/h5-7,12H,2-4,8-11,16H2,1H3. The van der Waals surface area contributed by atoms with Crippen LogP contribution in [0.5, 0.6) is 5.75 Å². The van der Waals surface area contributed by atoms with Crippen molar-refractivity contribution >= 4 is 0 Å². The molecule has 17 heavy (non-hydrogen) atoms. The van der Waals surface area contributed by atoms with Crippen molar-refractivity contribution in [3.8, 4) is 5.75 Å². The lowest BCUT2D eigenvalue weighted by atomic mass is 9.80. The molecule has 0 spiro atoms. The second kappa shape index (κ2) is 5.54.